The minimum Gasteiger partial charge on any atom is -0.264 e. The minimum atomic E-state index is 0.0728. The van der Waals surface area contributed by atoms with E-state index in [-0.39, 0.29) is 4.75 Å². The zero-order valence-corrected chi connectivity index (χ0v) is 16.2. The van der Waals surface area contributed by atoms with Gasteiger partial charge in [-0.25, -0.2) is 0 Å². The van der Waals surface area contributed by atoms with Crippen LogP contribution in [0.3, 0.4) is 0 Å². The van der Waals surface area contributed by atoms with E-state index in [1.807, 2.05) is 0 Å². The normalized spacial score (nSPS) is 12.0. The van der Waals surface area contributed by atoms with Gasteiger partial charge in [0, 0.05) is 10.1 Å². The molecule has 1 aromatic heterocycles. The summed E-state index contributed by atoms with van der Waals surface area (Å²) in [6, 6.07) is 12.9. The topological polar surface area (TPSA) is 30.7 Å². The molecule has 3 nitrogen and oxygen atoms in total. The molecule has 2 aromatic carbocycles. The highest BCUT2D eigenvalue weighted by atomic mass is 79.9. The third kappa shape index (κ3) is 3.31. The summed E-state index contributed by atoms with van der Waals surface area (Å²) in [6.07, 6.45) is 1.02. The van der Waals surface area contributed by atoms with E-state index in [0.717, 1.165) is 22.0 Å². The lowest BCUT2D eigenvalue weighted by Gasteiger charge is -2.18. The van der Waals surface area contributed by atoms with Crippen LogP contribution in [0.2, 0.25) is 0 Å². The first-order chi connectivity index (χ1) is 10.9. The van der Waals surface area contributed by atoms with E-state index in [0.29, 0.717) is 0 Å². The molecule has 0 fully saturated rings. The lowest BCUT2D eigenvalue weighted by Crippen LogP contribution is -2.10. The van der Waals surface area contributed by atoms with Crippen LogP contribution in [0.5, 0.6) is 0 Å². The summed E-state index contributed by atoms with van der Waals surface area (Å²) in [5.74, 6) is 0. The molecule has 0 bridgehead atoms. The van der Waals surface area contributed by atoms with E-state index in [4.69, 9.17) is 0 Å². The Morgan fingerprint density at radius 2 is 1.74 bits per heavy atom. The number of hydrogen-bond donors (Lipinski definition) is 0. The summed E-state index contributed by atoms with van der Waals surface area (Å²) in [5, 5.41) is 12.0. The maximum atomic E-state index is 4.36. The van der Waals surface area contributed by atoms with E-state index >= 15 is 0 Å². The summed E-state index contributed by atoms with van der Waals surface area (Å²) < 4.78 is 2.90. The van der Waals surface area contributed by atoms with Gasteiger partial charge in [-0.2, -0.15) is 0 Å². The molecule has 0 saturated heterocycles. The van der Waals surface area contributed by atoms with Crippen molar-refractivity contribution in [2.75, 3.05) is 0 Å². The Kier molecular flexibility index (Phi) is 4.52. The summed E-state index contributed by atoms with van der Waals surface area (Å²) in [5.41, 5.74) is 2.47. The van der Waals surface area contributed by atoms with E-state index in [2.05, 4.69) is 94.8 Å². The second-order valence-electron chi connectivity index (χ2n) is 6.44. The van der Waals surface area contributed by atoms with Crippen LogP contribution in [0.15, 0.2) is 46.3 Å². The largest absolute Gasteiger partial charge is 0.264 e. The van der Waals surface area contributed by atoms with Crippen molar-refractivity contribution < 1.29 is 0 Å². The summed E-state index contributed by atoms with van der Waals surface area (Å²) >= 11 is 5.28. The zero-order chi connectivity index (χ0) is 16.6. The number of aromatic nitrogens is 3. The number of thioether (sulfide) groups is 1. The highest BCUT2D eigenvalue weighted by Crippen LogP contribution is 2.36. The molecule has 0 aliphatic rings. The standard InChI is InChI=1S/C18H20BrN3S/c1-5-12-10-11-15(14-9-7-6-8-13(12)14)22-16(19)20-21-17(22)23-18(2,3)4/h6-11H,5H2,1-4H3. The molecule has 120 valence electrons. The Morgan fingerprint density at radius 1 is 1.04 bits per heavy atom. The molecular weight excluding hydrogens is 370 g/mol. The third-order valence-electron chi connectivity index (χ3n) is 3.60. The van der Waals surface area contributed by atoms with E-state index < -0.39 is 0 Å². The Bertz CT molecular complexity index is 849. The fourth-order valence-corrected chi connectivity index (χ4v) is 4.10. The predicted molar refractivity (Wildman–Crippen MR) is 102 cm³/mol. The SMILES string of the molecule is CCc1ccc(-n2c(Br)nnc2SC(C)(C)C)c2ccccc12. The predicted octanol–water partition coefficient (Wildman–Crippen LogP) is 5.64. The highest BCUT2D eigenvalue weighted by molar-refractivity contribution is 9.10. The first kappa shape index (κ1) is 16.5. The Labute approximate surface area is 149 Å². The molecule has 3 aromatic rings. The van der Waals surface area contributed by atoms with Crippen LogP contribution < -0.4 is 0 Å². The Balaban J connectivity index is 2.24. The van der Waals surface area contributed by atoms with Crippen molar-refractivity contribution in [1.82, 2.24) is 14.8 Å². The van der Waals surface area contributed by atoms with Gasteiger partial charge in [-0.15, -0.1) is 10.2 Å². The number of aryl methyl sites for hydroxylation is 1. The lowest BCUT2D eigenvalue weighted by molar-refractivity contribution is 0.781. The molecule has 0 aliphatic heterocycles. The number of hydrogen-bond acceptors (Lipinski definition) is 3. The second kappa shape index (κ2) is 6.29. The molecule has 0 amide bonds. The van der Waals surface area contributed by atoms with Gasteiger partial charge >= 0.3 is 0 Å². The van der Waals surface area contributed by atoms with Crippen molar-refractivity contribution in [2.45, 2.75) is 44.0 Å². The molecule has 0 atom stereocenters. The Hall–Kier alpha value is -1.33. The monoisotopic (exact) mass is 389 g/mol. The van der Waals surface area contributed by atoms with Crippen LogP contribution in [0.25, 0.3) is 16.5 Å². The van der Waals surface area contributed by atoms with Crippen LogP contribution >= 0.6 is 27.7 Å². The van der Waals surface area contributed by atoms with Gasteiger partial charge in [0.25, 0.3) is 0 Å². The molecule has 23 heavy (non-hydrogen) atoms. The van der Waals surface area contributed by atoms with E-state index in [9.17, 15) is 0 Å². The van der Waals surface area contributed by atoms with Crippen molar-refractivity contribution in [3.63, 3.8) is 0 Å². The summed E-state index contributed by atoms with van der Waals surface area (Å²) in [4.78, 5) is 0. The maximum Gasteiger partial charge on any atom is 0.205 e. The van der Waals surface area contributed by atoms with Crippen LogP contribution in [0.4, 0.5) is 0 Å². The van der Waals surface area contributed by atoms with Crippen molar-refractivity contribution in [3.8, 4) is 5.69 Å². The minimum absolute atomic E-state index is 0.0728. The lowest BCUT2D eigenvalue weighted by atomic mass is 10.0. The summed E-state index contributed by atoms with van der Waals surface area (Å²) in [7, 11) is 0. The number of fused-ring (bicyclic) bond motifs is 1. The fraction of sp³-hybridized carbons (Fsp3) is 0.333. The van der Waals surface area contributed by atoms with Crippen molar-refractivity contribution in [3.05, 3.63) is 46.7 Å². The van der Waals surface area contributed by atoms with Gasteiger partial charge in [-0.05, 0) is 39.4 Å². The first-order valence-corrected chi connectivity index (χ1v) is 9.32. The first-order valence-electron chi connectivity index (χ1n) is 7.71. The average molecular weight is 390 g/mol. The third-order valence-corrected chi connectivity index (χ3v) is 5.18. The second-order valence-corrected chi connectivity index (χ2v) is 8.95. The average Bonchev–Trinajstić information content (AvgIpc) is 2.85. The molecule has 0 spiro atoms. The molecule has 0 unspecified atom stereocenters. The molecule has 0 N–H and O–H groups in total. The van der Waals surface area contributed by atoms with Gasteiger partial charge in [0.1, 0.15) is 0 Å². The van der Waals surface area contributed by atoms with Gasteiger partial charge in [-0.1, -0.05) is 69.8 Å². The van der Waals surface area contributed by atoms with Crippen molar-refractivity contribution in [1.29, 1.82) is 0 Å². The quantitative estimate of drug-likeness (QED) is 0.543. The number of benzene rings is 2. The molecule has 3 rings (SSSR count). The van der Waals surface area contributed by atoms with Crippen LogP contribution in [-0.2, 0) is 6.42 Å². The molecule has 0 radical (unpaired) electrons. The van der Waals surface area contributed by atoms with Crippen molar-refractivity contribution in [2.24, 2.45) is 0 Å². The number of halogens is 1. The Morgan fingerprint density at radius 3 is 2.39 bits per heavy atom. The summed E-state index contributed by atoms with van der Waals surface area (Å²) in [6.45, 7) is 8.74. The van der Waals surface area contributed by atoms with Gasteiger partial charge in [0.2, 0.25) is 4.73 Å². The maximum absolute atomic E-state index is 4.36. The van der Waals surface area contributed by atoms with Gasteiger partial charge in [0.05, 0.1) is 5.69 Å². The molecule has 5 heteroatoms. The van der Waals surface area contributed by atoms with Gasteiger partial charge in [0.15, 0.2) is 5.16 Å². The van der Waals surface area contributed by atoms with Gasteiger partial charge in [-0.3, -0.25) is 4.57 Å². The molecule has 0 aliphatic carbocycles. The zero-order valence-electron chi connectivity index (χ0n) is 13.8. The molecular formula is C18H20BrN3S. The smallest absolute Gasteiger partial charge is 0.205 e. The molecule has 0 saturated carbocycles. The van der Waals surface area contributed by atoms with Crippen LogP contribution in [0.1, 0.15) is 33.3 Å². The van der Waals surface area contributed by atoms with Crippen LogP contribution in [-0.4, -0.2) is 19.5 Å². The van der Waals surface area contributed by atoms with E-state index in [1.165, 1.54) is 16.3 Å². The van der Waals surface area contributed by atoms with Crippen LogP contribution in [0, 0.1) is 0 Å². The van der Waals surface area contributed by atoms with Gasteiger partial charge < -0.3 is 0 Å². The fourth-order valence-electron chi connectivity index (χ4n) is 2.64. The molecule has 1 heterocycles. The van der Waals surface area contributed by atoms with Crippen molar-refractivity contribution >= 4 is 38.5 Å². The number of nitrogens with zero attached hydrogens (tertiary/aromatic N) is 3. The number of rotatable bonds is 3. The highest BCUT2D eigenvalue weighted by Gasteiger charge is 2.21. The van der Waals surface area contributed by atoms with E-state index in [1.54, 1.807) is 11.8 Å².